The highest BCUT2D eigenvalue weighted by Crippen LogP contribution is 2.39. The van der Waals surface area contributed by atoms with E-state index in [-0.39, 0.29) is 11.9 Å². The van der Waals surface area contributed by atoms with Crippen molar-refractivity contribution in [1.82, 2.24) is 14.9 Å². The number of aromatic nitrogens is 2. The van der Waals surface area contributed by atoms with E-state index in [1.54, 1.807) is 14.2 Å². The van der Waals surface area contributed by atoms with Crippen molar-refractivity contribution >= 4 is 17.7 Å². The predicted octanol–water partition coefficient (Wildman–Crippen LogP) is 4.93. The number of carbonyl (C=O) groups excluding carboxylic acids is 1. The molecule has 2 aromatic carbocycles. The van der Waals surface area contributed by atoms with Gasteiger partial charge in [-0.15, -0.1) is 0 Å². The van der Waals surface area contributed by atoms with Crippen molar-refractivity contribution in [1.29, 1.82) is 0 Å². The van der Waals surface area contributed by atoms with Gasteiger partial charge in [0.05, 0.1) is 31.7 Å². The van der Waals surface area contributed by atoms with E-state index in [4.69, 9.17) is 9.47 Å². The molecule has 1 aromatic heterocycles. The second-order valence-corrected chi connectivity index (χ2v) is 8.63. The van der Waals surface area contributed by atoms with E-state index < -0.39 is 0 Å². The molecule has 1 unspecified atom stereocenters. The fraction of sp³-hybridized carbons (Fsp3) is 0.320. The fourth-order valence-corrected chi connectivity index (χ4v) is 4.85. The Morgan fingerprint density at radius 2 is 1.91 bits per heavy atom. The van der Waals surface area contributed by atoms with Gasteiger partial charge in [-0.3, -0.25) is 4.79 Å². The van der Waals surface area contributed by atoms with E-state index in [1.807, 2.05) is 66.4 Å². The molecule has 1 saturated heterocycles. The number of benzene rings is 2. The summed E-state index contributed by atoms with van der Waals surface area (Å²) in [5, 5.41) is 0.618. The standard InChI is InChI=1S/C25H27N3O3S/c1-17-14-21(18-8-5-4-6-9-18)27-25(26-17)32-16-24(29)28-13-7-10-22(28)20-15-19(30-2)11-12-23(20)31-3/h4-6,8-9,11-12,14-15,22H,7,10,13,16H2,1-3H3. The van der Waals surface area contributed by atoms with E-state index in [2.05, 4.69) is 9.97 Å². The Hall–Kier alpha value is -3.06. The molecule has 1 aliphatic rings. The van der Waals surface area contributed by atoms with Crippen LogP contribution in [0.15, 0.2) is 59.8 Å². The van der Waals surface area contributed by atoms with Crippen LogP contribution in [-0.4, -0.2) is 47.3 Å². The summed E-state index contributed by atoms with van der Waals surface area (Å²) < 4.78 is 11.0. The van der Waals surface area contributed by atoms with E-state index in [0.717, 1.165) is 53.4 Å². The summed E-state index contributed by atoms with van der Waals surface area (Å²) in [6.45, 7) is 2.68. The predicted molar refractivity (Wildman–Crippen MR) is 126 cm³/mol. The monoisotopic (exact) mass is 449 g/mol. The van der Waals surface area contributed by atoms with Crippen molar-refractivity contribution in [2.75, 3.05) is 26.5 Å². The van der Waals surface area contributed by atoms with Gasteiger partial charge in [0.25, 0.3) is 0 Å². The Labute approximate surface area is 193 Å². The quantitative estimate of drug-likeness (QED) is 0.377. The lowest BCUT2D eigenvalue weighted by Gasteiger charge is -2.26. The Morgan fingerprint density at radius 3 is 2.66 bits per heavy atom. The molecule has 0 saturated carbocycles. The van der Waals surface area contributed by atoms with Crippen molar-refractivity contribution in [2.45, 2.75) is 31.0 Å². The number of amides is 1. The average molecular weight is 450 g/mol. The molecule has 1 amide bonds. The average Bonchev–Trinajstić information content (AvgIpc) is 3.32. The van der Waals surface area contributed by atoms with Gasteiger partial charge in [0.2, 0.25) is 5.91 Å². The molecule has 0 bridgehead atoms. The number of methoxy groups -OCH3 is 2. The second-order valence-electron chi connectivity index (χ2n) is 7.68. The van der Waals surface area contributed by atoms with E-state index in [1.165, 1.54) is 11.8 Å². The number of hydrogen-bond acceptors (Lipinski definition) is 6. The molecule has 7 heteroatoms. The summed E-state index contributed by atoms with van der Waals surface area (Å²) in [7, 11) is 3.30. The summed E-state index contributed by atoms with van der Waals surface area (Å²) in [5.74, 6) is 1.91. The molecular weight excluding hydrogens is 422 g/mol. The van der Waals surface area contributed by atoms with Crippen LogP contribution >= 0.6 is 11.8 Å². The van der Waals surface area contributed by atoms with Gasteiger partial charge in [0, 0.05) is 23.4 Å². The molecule has 1 aliphatic heterocycles. The van der Waals surface area contributed by atoms with Crippen LogP contribution in [0.5, 0.6) is 11.5 Å². The topological polar surface area (TPSA) is 64.6 Å². The Morgan fingerprint density at radius 1 is 1.09 bits per heavy atom. The molecule has 32 heavy (non-hydrogen) atoms. The molecule has 1 fully saturated rings. The van der Waals surface area contributed by atoms with Crippen LogP contribution in [0.25, 0.3) is 11.3 Å². The number of hydrogen-bond donors (Lipinski definition) is 0. The SMILES string of the molecule is COc1ccc(OC)c(C2CCCN2C(=O)CSc2nc(C)cc(-c3ccccc3)n2)c1. The third-order valence-electron chi connectivity index (χ3n) is 5.60. The van der Waals surface area contributed by atoms with Gasteiger partial charge < -0.3 is 14.4 Å². The minimum Gasteiger partial charge on any atom is -0.497 e. The molecule has 6 nitrogen and oxygen atoms in total. The highest BCUT2D eigenvalue weighted by atomic mass is 32.2. The zero-order valence-electron chi connectivity index (χ0n) is 18.6. The van der Waals surface area contributed by atoms with Crippen LogP contribution in [0.1, 0.15) is 30.1 Å². The minimum atomic E-state index is -0.0218. The largest absolute Gasteiger partial charge is 0.497 e. The van der Waals surface area contributed by atoms with Gasteiger partial charge in [-0.2, -0.15) is 0 Å². The molecule has 2 heterocycles. The molecule has 0 spiro atoms. The van der Waals surface area contributed by atoms with Gasteiger partial charge in [-0.1, -0.05) is 42.1 Å². The third-order valence-corrected chi connectivity index (χ3v) is 6.43. The smallest absolute Gasteiger partial charge is 0.233 e. The number of carbonyl (C=O) groups is 1. The first kappa shape index (κ1) is 22.1. The lowest BCUT2D eigenvalue weighted by atomic mass is 10.0. The summed E-state index contributed by atoms with van der Waals surface area (Å²) in [6.07, 6.45) is 1.86. The first-order chi connectivity index (χ1) is 15.6. The van der Waals surface area contributed by atoms with Gasteiger partial charge >= 0.3 is 0 Å². The normalized spacial score (nSPS) is 15.6. The van der Waals surface area contributed by atoms with Crippen LogP contribution < -0.4 is 9.47 Å². The van der Waals surface area contributed by atoms with Crippen LogP contribution in [0, 0.1) is 6.92 Å². The number of likely N-dealkylation sites (tertiary alicyclic amines) is 1. The number of nitrogens with zero attached hydrogens (tertiary/aromatic N) is 3. The lowest BCUT2D eigenvalue weighted by molar-refractivity contribution is -0.129. The number of ether oxygens (including phenoxy) is 2. The fourth-order valence-electron chi connectivity index (χ4n) is 4.06. The molecule has 0 aliphatic carbocycles. The molecule has 166 valence electrons. The van der Waals surface area contributed by atoms with Crippen molar-refractivity contribution in [3.8, 4) is 22.8 Å². The first-order valence-electron chi connectivity index (χ1n) is 10.6. The lowest BCUT2D eigenvalue weighted by Crippen LogP contribution is -2.32. The Balaban J connectivity index is 1.49. The maximum absolute atomic E-state index is 13.2. The minimum absolute atomic E-state index is 0.0218. The maximum Gasteiger partial charge on any atom is 0.233 e. The summed E-state index contributed by atoms with van der Waals surface area (Å²) in [4.78, 5) is 24.3. The van der Waals surface area contributed by atoms with Gasteiger partial charge in [-0.25, -0.2) is 9.97 Å². The van der Waals surface area contributed by atoms with Crippen LogP contribution in [-0.2, 0) is 4.79 Å². The Bertz CT molecular complexity index is 1090. The van der Waals surface area contributed by atoms with Crippen molar-refractivity contribution in [3.05, 3.63) is 65.9 Å². The summed E-state index contributed by atoms with van der Waals surface area (Å²) in [5.41, 5.74) is 3.78. The van der Waals surface area contributed by atoms with Crippen LogP contribution in [0.3, 0.4) is 0 Å². The maximum atomic E-state index is 13.2. The van der Waals surface area contributed by atoms with Crippen molar-refractivity contribution < 1.29 is 14.3 Å². The molecule has 4 rings (SSSR count). The second kappa shape index (κ2) is 10.0. The highest BCUT2D eigenvalue weighted by Gasteiger charge is 2.32. The number of rotatable bonds is 7. The molecule has 1 atom stereocenters. The van der Waals surface area contributed by atoms with Crippen molar-refractivity contribution in [3.63, 3.8) is 0 Å². The molecular formula is C25H27N3O3S. The van der Waals surface area contributed by atoms with Crippen LogP contribution in [0.4, 0.5) is 0 Å². The van der Waals surface area contributed by atoms with E-state index in [0.29, 0.717) is 10.9 Å². The van der Waals surface area contributed by atoms with Crippen LogP contribution in [0.2, 0.25) is 0 Å². The molecule has 3 aromatic rings. The summed E-state index contributed by atoms with van der Waals surface area (Å²) in [6, 6.07) is 17.7. The molecule has 0 N–H and O–H groups in total. The number of thioether (sulfide) groups is 1. The third kappa shape index (κ3) is 4.88. The Kier molecular flexibility index (Phi) is 6.95. The first-order valence-corrected chi connectivity index (χ1v) is 11.6. The zero-order chi connectivity index (χ0) is 22.5. The van der Waals surface area contributed by atoms with Gasteiger partial charge in [0.1, 0.15) is 11.5 Å². The van der Waals surface area contributed by atoms with E-state index in [9.17, 15) is 4.79 Å². The summed E-state index contributed by atoms with van der Waals surface area (Å²) >= 11 is 1.38. The van der Waals surface area contributed by atoms with Gasteiger partial charge in [0.15, 0.2) is 5.16 Å². The zero-order valence-corrected chi connectivity index (χ0v) is 19.4. The highest BCUT2D eigenvalue weighted by molar-refractivity contribution is 7.99. The molecule has 0 radical (unpaired) electrons. The van der Waals surface area contributed by atoms with Crippen molar-refractivity contribution in [2.24, 2.45) is 0 Å². The van der Waals surface area contributed by atoms with Gasteiger partial charge in [-0.05, 0) is 44.0 Å². The van der Waals surface area contributed by atoms with E-state index >= 15 is 0 Å². The number of aryl methyl sites for hydroxylation is 1.